The molecule has 0 radical (unpaired) electrons. The molecule has 0 unspecified atom stereocenters. The van der Waals surface area contributed by atoms with Gasteiger partial charge in [0.15, 0.2) is 0 Å². The summed E-state index contributed by atoms with van der Waals surface area (Å²) in [6.07, 6.45) is 0. The summed E-state index contributed by atoms with van der Waals surface area (Å²) in [6.45, 7) is 0. The summed E-state index contributed by atoms with van der Waals surface area (Å²) in [4.78, 5) is 4.67. The van der Waals surface area contributed by atoms with E-state index in [4.69, 9.17) is 10.5 Å². The standard InChI is InChI=1S/C15H14BrN3O/c1-19-14-6-4-10(20-2)8-13(14)18-15(19)11-5-3-9(16)7-12(11)17/h3-8H,17H2,1-2H3. The summed E-state index contributed by atoms with van der Waals surface area (Å²) in [5.41, 5.74) is 9.65. The number of halogens is 1. The fourth-order valence-corrected chi connectivity index (χ4v) is 2.66. The highest BCUT2D eigenvalue weighted by Crippen LogP contribution is 2.31. The quantitative estimate of drug-likeness (QED) is 0.730. The van der Waals surface area contributed by atoms with E-state index in [-0.39, 0.29) is 0 Å². The van der Waals surface area contributed by atoms with Crippen LogP contribution in [-0.4, -0.2) is 16.7 Å². The molecule has 20 heavy (non-hydrogen) atoms. The lowest BCUT2D eigenvalue weighted by Gasteiger charge is -2.06. The van der Waals surface area contributed by atoms with Crippen LogP contribution in [0, 0.1) is 0 Å². The molecule has 0 aliphatic heterocycles. The molecule has 0 aliphatic rings. The van der Waals surface area contributed by atoms with Crippen LogP contribution in [-0.2, 0) is 7.05 Å². The van der Waals surface area contributed by atoms with Crippen LogP contribution < -0.4 is 10.5 Å². The van der Waals surface area contributed by atoms with E-state index in [2.05, 4.69) is 20.9 Å². The maximum Gasteiger partial charge on any atom is 0.142 e. The minimum atomic E-state index is 0.699. The fraction of sp³-hybridized carbons (Fsp3) is 0.133. The Kier molecular flexibility index (Phi) is 3.14. The second kappa shape index (κ2) is 4.83. The van der Waals surface area contributed by atoms with Gasteiger partial charge in [0.25, 0.3) is 0 Å². The average Bonchev–Trinajstić information content (AvgIpc) is 2.75. The summed E-state index contributed by atoms with van der Waals surface area (Å²) in [6, 6.07) is 11.7. The molecule has 0 atom stereocenters. The number of aromatic nitrogens is 2. The van der Waals surface area contributed by atoms with Gasteiger partial charge < -0.3 is 15.0 Å². The van der Waals surface area contributed by atoms with Gasteiger partial charge in [-0.2, -0.15) is 0 Å². The van der Waals surface area contributed by atoms with Crippen molar-refractivity contribution in [3.63, 3.8) is 0 Å². The first kappa shape index (κ1) is 13.0. The molecule has 0 fully saturated rings. The van der Waals surface area contributed by atoms with Crippen molar-refractivity contribution < 1.29 is 4.74 Å². The van der Waals surface area contributed by atoms with Crippen molar-refractivity contribution in [2.75, 3.05) is 12.8 Å². The van der Waals surface area contributed by atoms with E-state index in [9.17, 15) is 0 Å². The topological polar surface area (TPSA) is 53.1 Å². The third-order valence-corrected chi connectivity index (χ3v) is 3.84. The molecule has 2 aromatic carbocycles. The molecule has 0 saturated heterocycles. The fourth-order valence-electron chi connectivity index (χ4n) is 2.28. The zero-order valence-electron chi connectivity index (χ0n) is 11.2. The molecule has 1 heterocycles. The number of nitrogens with zero attached hydrogens (tertiary/aromatic N) is 2. The van der Waals surface area contributed by atoms with Crippen LogP contribution in [0.15, 0.2) is 40.9 Å². The highest BCUT2D eigenvalue weighted by molar-refractivity contribution is 9.10. The van der Waals surface area contributed by atoms with Crippen LogP contribution in [0.1, 0.15) is 0 Å². The van der Waals surface area contributed by atoms with E-state index < -0.39 is 0 Å². The molecule has 0 amide bonds. The van der Waals surface area contributed by atoms with Gasteiger partial charge in [-0.1, -0.05) is 15.9 Å². The van der Waals surface area contributed by atoms with Gasteiger partial charge in [0.1, 0.15) is 11.6 Å². The molecule has 102 valence electrons. The van der Waals surface area contributed by atoms with Gasteiger partial charge in [0.2, 0.25) is 0 Å². The van der Waals surface area contributed by atoms with Gasteiger partial charge in [-0.3, -0.25) is 0 Å². The average molecular weight is 332 g/mol. The van der Waals surface area contributed by atoms with Crippen molar-refractivity contribution >= 4 is 32.7 Å². The number of ether oxygens (including phenoxy) is 1. The number of imidazole rings is 1. The van der Waals surface area contributed by atoms with E-state index >= 15 is 0 Å². The van der Waals surface area contributed by atoms with Crippen molar-refractivity contribution in [3.8, 4) is 17.1 Å². The van der Waals surface area contributed by atoms with Crippen molar-refractivity contribution in [3.05, 3.63) is 40.9 Å². The van der Waals surface area contributed by atoms with Crippen LogP contribution in [0.3, 0.4) is 0 Å². The number of anilines is 1. The monoisotopic (exact) mass is 331 g/mol. The summed E-state index contributed by atoms with van der Waals surface area (Å²) in [7, 11) is 3.64. The van der Waals surface area contributed by atoms with Crippen LogP contribution in [0.2, 0.25) is 0 Å². The van der Waals surface area contributed by atoms with Gasteiger partial charge in [-0.15, -0.1) is 0 Å². The number of hydrogen-bond acceptors (Lipinski definition) is 3. The lowest BCUT2D eigenvalue weighted by Crippen LogP contribution is -1.96. The smallest absolute Gasteiger partial charge is 0.142 e. The number of aryl methyl sites for hydroxylation is 1. The minimum absolute atomic E-state index is 0.699. The van der Waals surface area contributed by atoms with Crippen LogP contribution in [0.5, 0.6) is 5.75 Å². The number of nitrogens with two attached hydrogens (primary N) is 1. The number of rotatable bonds is 2. The van der Waals surface area contributed by atoms with Crippen molar-refractivity contribution in [2.45, 2.75) is 0 Å². The summed E-state index contributed by atoms with van der Waals surface area (Å²) >= 11 is 3.42. The highest BCUT2D eigenvalue weighted by Gasteiger charge is 2.13. The predicted octanol–water partition coefficient (Wildman–Crippen LogP) is 3.59. The maximum absolute atomic E-state index is 6.09. The SMILES string of the molecule is COc1ccc2c(c1)nc(-c1ccc(Br)cc1N)n2C. The second-order valence-corrected chi connectivity index (χ2v) is 5.50. The van der Waals surface area contributed by atoms with Gasteiger partial charge in [-0.25, -0.2) is 4.98 Å². The van der Waals surface area contributed by atoms with Gasteiger partial charge in [-0.05, 0) is 30.3 Å². The Morgan fingerprint density at radius 2 is 2.00 bits per heavy atom. The zero-order valence-corrected chi connectivity index (χ0v) is 12.8. The van der Waals surface area contributed by atoms with Gasteiger partial charge >= 0.3 is 0 Å². The summed E-state index contributed by atoms with van der Waals surface area (Å²) in [5, 5.41) is 0. The first-order valence-electron chi connectivity index (χ1n) is 6.16. The lowest BCUT2D eigenvalue weighted by molar-refractivity contribution is 0.415. The summed E-state index contributed by atoms with van der Waals surface area (Å²) in [5.74, 6) is 1.64. The van der Waals surface area contributed by atoms with Crippen LogP contribution >= 0.6 is 15.9 Å². The molecule has 3 rings (SSSR count). The van der Waals surface area contributed by atoms with Crippen molar-refractivity contribution in [2.24, 2.45) is 7.05 Å². The highest BCUT2D eigenvalue weighted by atomic mass is 79.9. The zero-order chi connectivity index (χ0) is 14.3. The number of nitrogen functional groups attached to an aromatic ring is 1. The predicted molar refractivity (Wildman–Crippen MR) is 84.8 cm³/mol. The van der Waals surface area contributed by atoms with E-state index in [1.165, 1.54) is 0 Å². The molecule has 5 heteroatoms. The Labute approximate surface area is 125 Å². The van der Waals surface area contributed by atoms with Crippen molar-refractivity contribution in [1.82, 2.24) is 9.55 Å². The Morgan fingerprint density at radius 3 is 2.70 bits per heavy atom. The number of fused-ring (bicyclic) bond motifs is 1. The van der Waals surface area contributed by atoms with E-state index in [0.717, 1.165) is 32.6 Å². The number of methoxy groups -OCH3 is 1. The molecule has 0 saturated carbocycles. The third-order valence-electron chi connectivity index (χ3n) is 3.34. The van der Waals surface area contributed by atoms with Gasteiger partial charge in [0, 0.05) is 28.8 Å². The third kappa shape index (κ3) is 2.04. The van der Waals surface area contributed by atoms with Crippen LogP contribution in [0.25, 0.3) is 22.4 Å². The summed E-state index contributed by atoms with van der Waals surface area (Å²) < 4.78 is 8.23. The van der Waals surface area contributed by atoms with E-state index in [1.807, 2.05) is 48.0 Å². The number of hydrogen-bond donors (Lipinski definition) is 1. The Morgan fingerprint density at radius 1 is 1.20 bits per heavy atom. The minimum Gasteiger partial charge on any atom is -0.497 e. The molecule has 4 nitrogen and oxygen atoms in total. The van der Waals surface area contributed by atoms with Crippen molar-refractivity contribution in [1.29, 1.82) is 0 Å². The lowest BCUT2D eigenvalue weighted by atomic mass is 10.2. The molecule has 2 N–H and O–H groups in total. The van der Waals surface area contributed by atoms with Gasteiger partial charge in [0.05, 0.1) is 18.1 Å². The largest absolute Gasteiger partial charge is 0.497 e. The Hall–Kier alpha value is -2.01. The molecular formula is C15H14BrN3O. The Balaban J connectivity index is 2.23. The molecule has 0 aliphatic carbocycles. The van der Waals surface area contributed by atoms with E-state index in [0.29, 0.717) is 5.69 Å². The maximum atomic E-state index is 6.09. The normalized spacial score (nSPS) is 10.9. The first-order chi connectivity index (χ1) is 9.60. The molecule has 0 spiro atoms. The first-order valence-corrected chi connectivity index (χ1v) is 6.95. The molecule has 1 aromatic heterocycles. The number of benzene rings is 2. The molecule has 3 aromatic rings. The Bertz CT molecular complexity index is 795. The molecular weight excluding hydrogens is 318 g/mol. The van der Waals surface area contributed by atoms with Crippen LogP contribution in [0.4, 0.5) is 5.69 Å². The molecule has 0 bridgehead atoms. The van der Waals surface area contributed by atoms with E-state index in [1.54, 1.807) is 7.11 Å². The second-order valence-electron chi connectivity index (χ2n) is 4.58.